The van der Waals surface area contributed by atoms with Gasteiger partial charge in [-0.05, 0) is 12.8 Å². The van der Waals surface area contributed by atoms with Crippen LogP contribution in [0.4, 0.5) is 0 Å². The Kier molecular flexibility index (Phi) is 5.49. The standard InChI is InChI=1S/C9H17N3O2/c1-13-8-14-7-9-3-2-6-12(9)11-5-4-10/h9,11H,2-3,5-8H2,1H3/t9-/m0/s1. The summed E-state index contributed by atoms with van der Waals surface area (Å²) in [5.41, 5.74) is 3.06. The Morgan fingerprint density at radius 2 is 2.50 bits per heavy atom. The van der Waals surface area contributed by atoms with E-state index in [-0.39, 0.29) is 0 Å². The Bertz CT molecular complexity index is 193. The van der Waals surface area contributed by atoms with Crippen molar-refractivity contribution < 1.29 is 9.47 Å². The molecule has 1 atom stereocenters. The first kappa shape index (κ1) is 11.4. The number of nitrogens with one attached hydrogen (secondary N) is 1. The summed E-state index contributed by atoms with van der Waals surface area (Å²) in [7, 11) is 1.61. The van der Waals surface area contributed by atoms with Crippen molar-refractivity contribution in [3.05, 3.63) is 0 Å². The summed E-state index contributed by atoms with van der Waals surface area (Å²) in [6.45, 7) is 2.35. The fourth-order valence-corrected chi connectivity index (χ4v) is 1.62. The van der Waals surface area contributed by atoms with Gasteiger partial charge in [0.2, 0.25) is 0 Å². The molecule has 1 aliphatic heterocycles. The van der Waals surface area contributed by atoms with Crippen LogP contribution in [0.25, 0.3) is 0 Å². The number of hydrazine groups is 1. The van der Waals surface area contributed by atoms with Crippen LogP contribution >= 0.6 is 0 Å². The van der Waals surface area contributed by atoms with Crippen molar-refractivity contribution >= 4 is 0 Å². The molecule has 80 valence electrons. The summed E-state index contributed by atoms with van der Waals surface area (Å²) in [5.74, 6) is 0. The zero-order valence-electron chi connectivity index (χ0n) is 8.53. The van der Waals surface area contributed by atoms with E-state index in [1.54, 1.807) is 7.11 Å². The monoisotopic (exact) mass is 199 g/mol. The molecule has 1 fully saturated rings. The van der Waals surface area contributed by atoms with Gasteiger partial charge in [-0.25, -0.2) is 10.4 Å². The molecule has 0 radical (unpaired) electrons. The van der Waals surface area contributed by atoms with Gasteiger partial charge in [-0.3, -0.25) is 0 Å². The molecule has 0 aromatic heterocycles. The van der Waals surface area contributed by atoms with Crippen LogP contribution in [-0.4, -0.2) is 44.6 Å². The molecule has 5 nitrogen and oxygen atoms in total. The fourth-order valence-electron chi connectivity index (χ4n) is 1.62. The van der Waals surface area contributed by atoms with Crippen molar-refractivity contribution in [3.8, 4) is 6.07 Å². The lowest BCUT2D eigenvalue weighted by Crippen LogP contribution is -2.43. The molecule has 0 spiro atoms. The molecule has 0 aromatic rings. The smallest absolute Gasteiger partial charge is 0.146 e. The molecular weight excluding hydrogens is 182 g/mol. The maximum Gasteiger partial charge on any atom is 0.146 e. The average molecular weight is 199 g/mol. The highest BCUT2D eigenvalue weighted by Gasteiger charge is 2.23. The molecule has 1 N–H and O–H groups in total. The van der Waals surface area contributed by atoms with Gasteiger partial charge >= 0.3 is 0 Å². The molecule has 14 heavy (non-hydrogen) atoms. The highest BCUT2D eigenvalue weighted by Crippen LogP contribution is 2.14. The zero-order chi connectivity index (χ0) is 10.2. The molecule has 5 heteroatoms. The van der Waals surface area contributed by atoms with E-state index in [2.05, 4.69) is 16.5 Å². The third kappa shape index (κ3) is 3.60. The van der Waals surface area contributed by atoms with Gasteiger partial charge in [-0.2, -0.15) is 5.26 Å². The zero-order valence-corrected chi connectivity index (χ0v) is 8.53. The van der Waals surface area contributed by atoms with Crippen molar-refractivity contribution in [2.45, 2.75) is 18.9 Å². The molecule has 0 unspecified atom stereocenters. The predicted octanol–water partition coefficient (Wildman–Crippen LogP) is 0.0995. The third-order valence-corrected chi connectivity index (χ3v) is 2.25. The summed E-state index contributed by atoms with van der Waals surface area (Å²) in [6.07, 6.45) is 2.27. The van der Waals surface area contributed by atoms with E-state index in [0.717, 1.165) is 19.4 Å². The highest BCUT2D eigenvalue weighted by atomic mass is 16.7. The van der Waals surface area contributed by atoms with E-state index in [1.807, 2.05) is 0 Å². The van der Waals surface area contributed by atoms with E-state index >= 15 is 0 Å². The first-order valence-corrected chi connectivity index (χ1v) is 4.82. The lowest BCUT2D eigenvalue weighted by atomic mass is 10.2. The van der Waals surface area contributed by atoms with E-state index in [4.69, 9.17) is 14.7 Å². The van der Waals surface area contributed by atoms with Crippen molar-refractivity contribution in [1.29, 1.82) is 5.26 Å². The van der Waals surface area contributed by atoms with Crippen LogP contribution in [0.5, 0.6) is 0 Å². The number of hydrogen-bond acceptors (Lipinski definition) is 5. The fraction of sp³-hybridized carbons (Fsp3) is 0.889. The van der Waals surface area contributed by atoms with E-state index in [9.17, 15) is 0 Å². The second kappa shape index (κ2) is 6.74. The van der Waals surface area contributed by atoms with Gasteiger partial charge in [0.05, 0.1) is 19.2 Å². The minimum absolute atomic E-state index is 0.336. The minimum Gasteiger partial charge on any atom is -0.359 e. The first-order valence-electron chi connectivity index (χ1n) is 4.82. The van der Waals surface area contributed by atoms with Crippen molar-refractivity contribution in [2.75, 3.05) is 33.6 Å². The van der Waals surface area contributed by atoms with Crippen molar-refractivity contribution in [3.63, 3.8) is 0 Å². The Balaban J connectivity index is 2.18. The Morgan fingerprint density at radius 1 is 1.64 bits per heavy atom. The second-order valence-electron chi connectivity index (χ2n) is 3.26. The molecule has 0 aliphatic carbocycles. The van der Waals surface area contributed by atoms with Gasteiger partial charge in [0, 0.05) is 19.7 Å². The van der Waals surface area contributed by atoms with E-state index in [0.29, 0.717) is 26.0 Å². The summed E-state index contributed by atoms with van der Waals surface area (Å²) < 4.78 is 10.1. The maximum absolute atomic E-state index is 8.44. The van der Waals surface area contributed by atoms with Crippen LogP contribution in [0, 0.1) is 11.3 Å². The van der Waals surface area contributed by atoms with Crippen LogP contribution < -0.4 is 5.43 Å². The van der Waals surface area contributed by atoms with Gasteiger partial charge in [0.1, 0.15) is 6.79 Å². The Hall–Kier alpha value is -0.670. The lowest BCUT2D eigenvalue weighted by molar-refractivity contribution is -0.0512. The number of nitriles is 1. The summed E-state index contributed by atoms with van der Waals surface area (Å²) in [5, 5.41) is 10.5. The number of hydrogen-bond donors (Lipinski definition) is 1. The SMILES string of the molecule is COCOC[C@@H]1CCCN1NCC#N. The van der Waals surface area contributed by atoms with E-state index < -0.39 is 0 Å². The van der Waals surface area contributed by atoms with Gasteiger partial charge < -0.3 is 9.47 Å². The van der Waals surface area contributed by atoms with Crippen molar-refractivity contribution in [1.82, 2.24) is 10.4 Å². The van der Waals surface area contributed by atoms with Crippen LogP contribution in [0.15, 0.2) is 0 Å². The molecule has 0 amide bonds. The minimum atomic E-state index is 0.336. The number of nitrogens with zero attached hydrogens (tertiary/aromatic N) is 2. The van der Waals surface area contributed by atoms with E-state index in [1.165, 1.54) is 0 Å². The molecule has 1 heterocycles. The normalized spacial score (nSPS) is 22.4. The van der Waals surface area contributed by atoms with Gasteiger partial charge in [-0.1, -0.05) is 0 Å². The Labute approximate surface area is 84.6 Å². The summed E-state index contributed by atoms with van der Waals surface area (Å²) in [4.78, 5) is 0. The molecule has 0 aromatic carbocycles. The topological polar surface area (TPSA) is 57.5 Å². The summed E-state index contributed by atoms with van der Waals surface area (Å²) >= 11 is 0. The molecular formula is C9H17N3O2. The van der Waals surface area contributed by atoms with Crippen molar-refractivity contribution in [2.24, 2.45) is 0 Å². The Morgan fingerprint density at radius 3 is 3.21 bits per heavy atom. The highest BCUT2D eigenvalue weighted by molar-refractivity contribution is 4.79. The van der Waals surface area contributed by atoms with Gasteiger partial charge in [-0.15, -0.1) is 0 Å². The number of ether oxygens (including phenoxy) is 2. The van der Waals surface area contributed by atoms with Crippen LogP contribution in [0.1, 0.15) is 12.8 Å². The van der Waals surface area contributed by atoms with Gasteiger partial charge in [0.25, 0.3) is 0 Å². The van der Waals surface area contributed by atoms with Crippen LogP contribution in [0.3, 0.4) is 0 Å². The number of rotatable bonds is 6. The van der Waals surface area contributed by atoms with Crippen LogP contribution in [0.2, 0.25) is 0 Å². The van der Waals surface area contributed by atoms with Gasteiger partial charge in [0.15, 0.2) is 0 Å². The number of methoxy groups -OCH3 is 1. The maximum atomic E-state index is 8.44. The lowest BCUT2D eigenvalue weighted by Gasteiger charge is -2.23. The molecule has 1 aliphatic rings. The largest absolute Gasteiger partial charge is 0.359 e. The van der Waals surface area contributed by atoms with Crippen LogP contribution in [-0.2, 0) is 9.47 Å². The third-order valence-electron chi connectivity index (χ3n) is 2.25. The first-order chi connectivity index (χ1) is 6.88. The second-order valence-corrected chi connectivity index (χ2v) is 3.26. The predicted molar refractivity (Wildman–Crippen MR) is 51.2 cm³/mol. The summed E-state index contributed by atoms with van der Waals surface area (Å²) in [6, 6.07) is 2.44. The quantitative estimate of drug-likeness (QED) is 0.373. The molecule has 1 rings (SSSR count). The molecule has 0 saturated carbocycles. The molecule has 1 saturated heterocycles. The average Bonchev–Trinajstić information content (AvgIpc) is 2.63. The molecule has 0 bridgehead atoms.